The summed E-state index contributed by atoms with van der Waals surface area (Å²) in [5.74, 6) is 0. The van der Waals surface area contributed by atoms with Gasteiger partial charge in [-0.15, -0.1) is 26.3 Å². The molecule has 0 heterocycles. The Hall–Kier alpha value is -0.0805. The fraction of sp³-hybridized carbons (Fsp3) is 0. The van der Waals surface area contributed by atoms with Crippen LogP contribution in [0.4, 0.5) is 0 Å². The summed E-state index contributed by atoms with van der Waals surface area (Å²) in [4.78, 5) is 0. The molecule has 0 aromatic rings. The van der Waals surface area contributed by atoms with Crippen LogP contribution in [0, 0.1) is 0 Å². The van der Waals surface area contributed by atoms with Crippen molar-refractivity contribution >= 4 is 0 Å². The van der Waals surface area contributed by atoms with Crippen molar-refractivity contribution in [2.45, 2.75) is 0 Å². The molecule has 0 bridgehead atoms. The molecule has 6 N–H and O–H groups in total. The van der Waals surface area contributed by atoms with Crippen LogP contribution in [0.2, 0.25) is 0 Å². The van der Waals surface area contributed by atoms with E-state index in [9.17, 15) is 0 Å². The third kappa shape index (κ3) is 14000. The molecule has 7 heavy (non-hydrogen) atoms. The van der Waals surface area contributed by atoms with Crippen molar-refractivity contribution in [2.24, 2.45) is 0 Å². The summed E-state index contributed by atoms with van der Waals surface area (Å²) in [6.07, 6.45) is 0. The van der Waals surface area contributed by atoms with Crippen molar-refractivity contribution in [1.82, 2.24) is 12.3 Å². The van der Waals surface area contributed by atoms with Gasteiger partial charge in [0.2, 0.25) is 0 Å². The average Bonchev–Trinajstić information content (AvgIpc) is 1.50. The predicted molar refractivity (Wildman–Crippen MR) is 32.6 cm³/mol. The predicted octanol–water partition coefficient (Wildman–Crippen LogP) is 1.93. The minimum Gasteiger partial charge on any atom is -0.344 e. The van der Waals surface area contributed by atoms with Gasteiger partial charge in [0.05, 0.1) is 0 Å². The molecule has 0 saturated carbocycles. The van der Waals surface area contributed by atoms with E-state index in [1.807, 2.05) is 0 Å². The maximum absolute atomic E-state index is 3.00. The minimum absolute atomic E-state index is 0. The van der Waals surface area contributed by atoms with Crippen molar-refractivity contribution < 1.29 is 17.1 Å². The van der Waals surface area contributed by atoms with Crippen LogP contribution in [0.15, 0.2) is 26.3 Å². The molecule has 0 aliphatic heterocycles. The molecule has 0 aromatic carbocycles. The summed E-state index contributed by atoms with van der Waals surface area (Å²) < 4.78 is 0. The summed E-state index contributed by atoms with van der Waals surface area (Å²) in [7, 11) is 0. The van der Waals surface area contributed by atoms with E-state index in [1.54, 1.807) is 0 Å². The molecular formula is C4H14CuN2. The van der Waals surface area contributed by atoms with E-state index in [0.717, 1.165) is 0 Å². The molecule has 51 valence electrons. The topological polar surface area (TPSA) is 70.0 Å². The normalized spacial score (nSPS) is 1.14. The van der Waals surface area contributed by atoms with E-state index in [4.69, 9.17) is 0 Å². The van der Waals surface area contributed by atoms with Gasteiger partial charge in [0.15, 0.2) is 0 Å². The standard InChI is InChI=1S/2C2H4.Cu.2H3N/c2*1-2;;;/h2*1-2H2;;2*1H3. The molecule has 0 unspecified atom stereocenters. The fourth-order valence-electron chi connectivity index (χ4n) is 0. The average molecular weight is 154 g/mol. The van der Waals surface area contributed by atoms with Crippen LogP contribution in [0.1, 0.15) is 0 Å². The monoisotopic (exact) mass is 153 g/mol. The van der Waals surface area contributed by atoms with E-state index in [1.165, 1.54) is 0 Å². The van der Waals surface area contributed by atoms with Crippen LogP contribution < -0.4 is 12.3 Å². The first-order valence-corrected chi connectivity index (χ1v) is 1.000. The van der Waals surface area contributed by atoms with E-state index >= 15 is 0 Å². The van der Waals surface area contributed by atoms with E-state index < -0.39 is 0 Å². The quantitative estimate of drug-likeness (QED) is 0.413. The van der Waals surface area contributed by atoms with E-state index in [-0.39, 0.29) is 29.4 Å². The van der Waals surface area contributed by atoms with E-state index in [0.29, 0.717) is 0 Å². The van der Waals surface area contributed by atoms with Crippen LogP contribution in [-0.2, 0) is 17.1 Å². The molecule has 0 spiro atoms. The van der Waals surface area contributed by atoms with Crippen molar-refractivity contribution in [3.8, 4) is 0 Å². The Labute approximate surface area is 56.3 Å². The van der Waals surface area contributed by atoms with Crippen LogP contribution >= 0.6 is 0 Å². The first kappa shape index (κ1) is 65.8. The maximum atomic E-state index is 3.00. The first-order valence-electron chi connectivity index (χ1n) is 1.000. The molecule has 0 aromatic heterocycles. The molecule has 2 nitrogen and oxygen atoms in total. The van der Waals surface area contributed by atoms with Crippen LogP contribution in [-0.4, -0.2) is 0 Å². The Morgan fingerprint density at radius 1 is 0.571 bits per heavy atom. The number of rotatable bonds is 0. The zero-order valence-corrected chi connectivity index (χ0v) is 5.49. The third-order valence-corrected chi connectivity index (χ3v) is 0. The Balaban J connectivity index is -0.00000000267. The summed E-state index contributed by atoms with van der Waals surface area (Å²) in [6.45, 7) is 12.0. The number of hydrogen-bond donors (Lipinski definition) is 2. The Morgan fingerprint density at radius 3 is 0.571 bits per heavy atom. The summed E-state index contributed by atoms with van der Waals surface area (Å²) in [6, 6.07) is 0. The number of hydrogen-bond acceptors (Lipinski definition) is 2. The van der Waals surface area contributed by atoms with Gasteiger partial charge in [-0.3, -0.25) is 0 Å². The second kappa shape index (κ2) is 22100. The van der Waals surface area contributed by atoms with Gasteiger partial charge >= 0.3 is 0 Å². The Bertz CT molecular complexity index is 11.7. The van der Waals surface area contributed by atoms with Gasteiger partial charge in [0, 0.05) is 17.1 Å². The van der Waals surface area contributed by atoms with Gasteiger partial charge in [-0.05, 0) is 0 Å². The van der Waals surface area contributed by atoms with Gasteiger partial charge in [-0.2, -0.15) is 0 Å². The van der Waals surface area contributed by atoms with Gasteiger partial charge in [0.1, 0.15) is 0 Å². The van der Waals surface area contributed by atoms with Crippen LogP contribution in [0.25, 0.3) is 0 Å². The Morgan fingerprint density at radius 2 is 0.571 bits per heavy atom. The first-order chi connectivity index (χ1) is 2.00. The molecule has 1 radical (unpaired) electrons. The summed E-state index contributed by atoms with van der Waals surface area (Å²) in [5, 5.41) is 0. The van der Waals surface area contributed by atoms with Crippen molar-refractivity contribution in [1.29, 1.82) is 0 Å². The molecule has 0 atom stereocenters. The molecule has 3 heteroatoms. The minimum atomic E-state index is 0. The molecule has 0 aliphatic carbocycles. The van der Waals surface area contributed by atoms with Crippen molar-refractivity contribution in [3.63, 3.8) is 0 Å². The Kier molecular flexibility index (Phi) is 208000. The van der Waals surface area contributed by atoms with Gasteiger partial charge in [-0.25, -0.2) is 0 Å². The second-order valence-corrected chi connectivity index (χ2v) is 0. The summed E-state index contributed by atoms with van der Waals surface area (Å²) in [5.41, 5.74) is 0. The van der Waals surface area contributed by atoms with Gasteiger partial charge < -0.3 is 12.3 Å². The zero-order valence-electron chi connectivity index (χ0n) is 4.54. The zero-order chi connectivity index (χ0) is 4.00. The largest absolute Gasteiger partial charge is 0.344 e. The van der Waals surface area contributed by atoms with Gasteiger partial charge in [-0.1, -0.05) is 0 Å². The van der Waals surface area contributed by atoms with Crippen molar-refractivity contribution in [3.05, 3.63) is 26.3 Å². The van der Waals surface area contributed by atoms with Crippen molar-refractivity contribution in [2.75, 3.05) is 0 Å². The molecule has 0 amide bonds. The fourth-order valence-corrected chi connectivity index (χ4v) is 0. The molecule has 0 rings (SSSR count). The SMILES string of the molecule is C=C.C=C.N.N.[Cu]. The van der Waals surface area contributed by atoms with Gasteiger partial charge in [0.25, 0.3) is 0 Å². The third-order valence-electron chi connectivity index (χ3n) is 0. The molecule has 0 saturated heterocycles. The smallest absolute Gasteiger partial charge is 0 e. The summed E-state index contributed by atoms with van der Waals surface area (Å²) >= 11 is 0. The maximum Gasteiger partial charge on any atom is 0 e. The molecular weight excluding hydrogens is 140 g/mol. The second-order valence-electron chi connectivity index (χ2n) is 0. The molecule has 0 fully saturated rings. The van der Waals surface area contributed by atoms with E-state index in [2.05, 4.69) is 26.3 Å². The van der Waals surface area contributed by atoms with Crippen LogP contribution in [0.3, 0.4) is 0 Å². The van der Waals surface area contributed by atoms with Crippen LogP contribution in [0.5, 0.6) is 0 Å². The molecule has 0 aliphatic rings.